The fraction of sp³-hybridized carbons (Fsp3) is 0.184. The first kappa shape index (κ1) is 37.8. The number of para-hydroxylation sites is 2. The van der Waals surface area contributed by atoms with Crippen LogP contribution in [0.25, 0.3) is 59.7 Å². The number of fused-ring (bicyclic) bond motifs is 4. The van der Waals surface area contributed by atoms with Gasteiger partial charge in [0.05, 0.1) is 16.9 Å². The molecule has 287 valence electrons. The van der Waals surface area contributed by atoms with Crippen LogP contribution in [0.3, 0.4) is 0 Å². The van der Waals surface area contributed by atoms with Crippen molar-refractivity contribution in [3.8, 4) is 28.3 Å². The number of imidazole rings is 1. The van der Waals surface area contributed by atoms with E-state index in [4.69, 9.17) is 12.7 Å². The second kappa shape index (κ2) is 17.0. The minimum atomic E-state index is -2.32. The van der Waals surface area contributed by atoms with Gasteiger partial charge in [0, 0.05) is 42.9 Å². The molecule has 4 aromatic carbocycles. The minimum Gasteiger partial charge on any atom is 0 e. The van der Waals surface area contributed by atoms with Crippen LogP contribution in [0, 0.1) is 32.9 Å². The second-order valence-electron chi connectivity index (χ2n) is 15.3. The molecule has 0 aliphatic rings. The molecule has 9 rings (SSSR count). The summed E-state index contributed by atoms with van der Waals surface area (Å²) >= 11 is -0.610. The Labute approximate surface area is 358 Å². The molecule has 9 aromatic rings. The summed E-state index contributed by atoms with van der Waals surface area (Å²) in [6.07, 6.45) is 0.433. The summed E-state index contributed by atoms with van der Waals surface area (Å²) in [5, 5.41) is 2.38. The van der Waals surface area contributed by atoms with Crippen LogP contribution in [0.1, 0.15) is 43.8 Å². The van der Waals surface area contributed by atoms with Crippen LogP contribution in [0.4, 0.5) is 0 Å². The maximum absolute atomic E-state index is 9.05. The molecule has 0 fully saturated rings. The van der Waals surface area contributed by atoms with E-state index in [9.17, 15) is 0 Å². The molecule has 0 spiro atoms. The molecular weight excluding hydrogens is 955 g/mol. The van der Waals surface area contributed by atoms with Gasteiger partial charge in [0.1, 0.15) is 4.83 Å². The molecule has 5 heterocycles. The van der Waals surface area contributed by atoms with E-state index in [2.05, 4.69) is 92.5 Å². The van der Waals surface area contributed by atoms with Crippen LogP contribution in [-0.2, 0) is 26.5 Å². The standard InChI is InChI=1S/C26H19N4S.C23H26GeN.Ir/c1-15-11-12-20-19-7-6-8-21(24(19)31-26(20)28-15)25-29-22-9-4-5-10-23(22)30(25)18-13-16(2)27-17(3)14-18;1-18(19-11-7-5-8-12-19)15-21-16-23(20-13-9-6-10-14-20)25-17-22(21)24(2,3)4;/h4-7,9-14H,1-3H3;5-13,16-18H,15H2,1-4H3;/q2*-1;/i;15D2;. The predicted molar refractivity (Wildman–Crippen MR) is 238 cm³/mol. The van der Waals surface area contributed by atoms with Crippen molar-refractivity contribution < 1.29 is 22.8 Å². The number of benzene rings is 4. The van der Waals surface area contributed by atoms with E-state index >= 15 is 0 Å². The van der Waals surface area contributed by atoms with Crippen LogP contribution in [0.5, 0.6) is 0 Å². The van der Waals surface area contributed by atoms with Crippen LogP contribution in [-0.4, -0.2) is 37.8 Å². The van der Waals surface area contributed by atoms with E-state index in [1.54, 1.807) is 11.3 Å². The van der Waals surface area contributed by atoms with Crippen molar-refractivity contribution >= 4 is 60.3 Å². The van der Waals surface area contributed by atoms with E-state index in [1.165, 1.54) is 10.8 Å². The molecular formula is C49H45GeIrN5S-2. The Bertz CT molecular complexity index is 2900. The monoisotopic (exact) mass is 1000 g/mol. The molecule has 0 saturated carbocycles. The van der Waals surface area contributed by atoms with E-state index in [-0.39, 0.29) is 26.0 Å². The summed E-state index contributed by atoms with van der Waals surface area (Å²) in [4.78, 5) is 20.1. The molecule has 0 aliphatic carbocycles. The molecule has 0 bridgehead atoms. The first-order valence-corrected chi connectivity index (χ1v) is 27.1. The average molecular weight is 1000 g/mol. The summed E-state index contributed by atoms with van der Waals surface area (Å²) in [5.74, 6) is 7.51. The van der Waals surface area contributed by atoms with Crippen molar-refractivity contribution in [3.63, 3.8) is 0 Å². The number of rotatable bonds is 7. The van der Waals surface area contributed by atoms with Gasteiger partial charge in [-0.25, -0.2) is 4.98 Å². The SMILES string of the molecule is Cc1cc(-n2c(-c3[c-]ccc4c3sc3nc(C)ccc34)nc3ccccc32)cc(C)n1.[2H]C([2H])(c1cc(-c2[c-]cccc2)nc[c]1[Ge]([CH3])([CH3])[CH3])C(C)c1ccccc1.[Ir]. The molecule has 0 amide bonds. The van der Waals surface area contributed by atoms with Gasteiger partial charge in [-0.2, -0.15) is 11.3 Å². The fourth-order valence-corrected chi connectivity index (χ4v) is 11.4. The zero-order chi connectivity index (χ0) is 40.8. The first-order chi connectivity index (χ1) is 27.8. The second-order valence-corrected chi connectivity index (χ2v) is 26.9. The zero-order valence-electron chi connectivity index (χ0n) is 35.2. The Balaban J connectivity index is 0.000000178. The van der Waals surface area contributed by atoms with Gasteiger partial charge in [0.25, 0.3) is 0 Å². The number of nitrogens with zero attached hydrogens (tertiary/aromatic N) is 5. The molecule has 1 unspecified atom stereocenters. The summed E-state index contributed by atoms with van der Waals surface area (Å²) in [6.45, 7) is 8.07. The zero-order valence-corrected chi connectivity index (χ0v) is 38.5. The summed E-state index contributed by atoms with van der Waals surface area (Å²) < 4.78 is 22.6. The van der Waals surface area contributed by atoms with Crippen molar-refractivity contribution in [3.05, 3.63) is 168 Å². The Morgan fingerprint density at radius 1 is 0.754 bits per heavy atom. The van der Waals surface area contributed by atoms with Gasteiger partial charge < -0.3 is 4.57 Å². The van der Waals surface area contributed by atoms with Gasteiger partial charge in [-0.3, -0.25) is 9.97 Å². The normalized spacial score (nSPS) is 12.8. The van der Waals surface area contributed by atoms with Gasteiger partial charge in [0.2, 0.25) is 0 Å². The minimum absolute atomic E-state index is 0. The topological polar surface area (TPSA) is 56.5 Å². The van der Waals surface area contributed by atoms with Crippen molar-refractivity contribution in [2.45, 2.75) is 57.3 Å². The predicted octanol–water partition coefficient (Wildman–Crippen LogP) is 12.0. The molecule has 0 N–H and O–H groups in total. The van der Waals surface area contributed by atoms with E-state index in [0.29, 0.717) is 0 Å². The third-order valence-electron chi connectivity index (χ3n) is 9.92. The Hall–Kier alpha value is -4.79. The first-order valence-electron chi connectivity index (χ1n) is 20.0. The summed E-state index contributed by atoms with van der Waals surface area (Å²) in [6, 6.07) is 47.2. The van der Waals surface area contributed by atoms with Crippen LogP contribution < -0.4 is 4.40 Å². The molecule has 1 atom stereocenters. The fourth-order valence-electron chi connectivity index (χ4n) is 7.21. The average Bonchev–Trinajstić information content (AvgIpc) is 3.79. The third kappa shape index (κ3) is 8.58. The number of pyridine rings is 3. The van der Waals surface area contributed by atoms with Crippen LogP contribution in [0.15, 0.2) is 128 Å². The Morgan fingerprint density at radius 2 is 1.49 bits per heavy atom. The van der Waals surface area contributed by atoms with Crippen molar-refractivity contribution in [2.24, 2.45) is 0 Å². The largest absolute Gasteiger partial charge is 0 e. The smallest absolute Gasteiger partial charge is 0 e. The maximum atomic E-state index is 9.05. The molecule has 5 aromatic heterocycles. The quantitative estimate of drug-likeness (QED) is 0.118. The number of aromatic nitrogens is 5. The van der Waals surface area contributed by atoms with Gasteiger partial charge in [-0.1, -0.05) is 29.1 Å². The van der Waals surface area contributed by atoms with E-state index in [1.807, 2.05) is 107 Å². The molecule has 5 nitrogen and oxygen atoms in total. The van der Waals surface area contributed by atoms with Crippen molar-refractivity contribution in [1.82, 2.24) is 24.5 Å². The Kier molecular flexibility index (Phi) is 11.2. The maximum Gasteiger partial charge on any atom is 0 e. The molecule has 1 radical (unpaired) electrons. The van der Waals surface area contributed by atoms with Gasteiger partial charge in [-0.15, -0.1) is 18.2 Å². The third-order valence-corrected chi connectivity index (χ3v) is 15.3. The van der Waals surface area contributed by atoms with Gasteiger partial charge >= 0.3 is 157 Å². The summed E-state index contributed by atoms with van der Waals surface area (Å²) in [5.41, 5.74) is 10.6. The number of aryl methyl sites for hydroxylation is 3. The Morgan fingerprint density at radius 3 is 2.23 bits per heavy atom. The molecule has 8 heteroatoms. The number of hydrogen-bond donors (Lipinski definition) is 0. The number of hydrogen-bond acceptors (Lipinski definition) is 5. The molecule has 0 aliphatic heterocycles. The van der Waals surface area contributed by atoms with Crippen molar-refractivity contribution in [2.75, 3.05) is 0 Å². The summed E-state index contributed by atoms with van der Waals surface area (Å²) in [7, 11) is 0. The molecule has 57 heavy (non-hydrogen) atoms. The van der Waals surface area contributed by atoms with Crippen LogP contribution in [0.2, 0.25) is 17.3 Å². The van der Waals surface area contributed by atoms with Crippen molar-refractivity contribution in [1.29, 1.82) is 0 Å². The van der Waals surface area contributed by atoms with Gasteiger partial charge in [-0.05, 0) is 61.2 Å². The number of thiophene rings is 1. The van der Waals surface area contributed by atoms with Gasteiger partial charge in [0.15, 0.2) is 0 Å². The van der Waals surface area contributed by atoms with E-state index < -0.39 is 19.6 Å². The van der Waals surface area contributed by atoms with Crippen LogP contribution >= 0.6 is 11.3 Å². The van der Waals surface area contributed by atoms with E-state index in [0.717, 1.165) is 81.5 Å². The molecule has 0 saturated heterocycles.